The summed E-state index contributed by atoms with van der Waals surface area (Å²) in [5, 5.41) is 11.5. The molecule has 12 heteroatoms. The fourth-order valence-corrected chi connectivity index (χ4v) is 11.8. The number of hydrogen-bond donors (Lipinski definition) is 1. The van der Waals surface area contributed by atoms with E-state index in [1.165, 1.54) is 22.8 Å². The summed E-state index contributed by atoms with van der Waals surface area (Å²) in [5.41, 5.74) is 4.65. The Labute approximate surface area is 429 Å². The van der Waals surface area contributed by atoms with Crippen LogP contribution in [0.3, 0.4) is 0 Å². The van der Waals surface area contributed by atoms with Crippen LogP contribution in [-0.2, 0) is 52.3 Å². The van der Waals surface area contributed by atoms with Gasteiger partial charge in [-0.2, -0.15) is 0 Å². The summed E-state index contributed by atoms with van der Waals surface area (Å²) in [6.45, 7) is 14.1. The third kappa shape index (κ3) is 18.4. The Morgan fingerprint density at radius 3 is 2.35 bits per heavy atom. The maximum atomic E-state index is 13.7. The van der Waals surface area contributed by atoms with Crippen LogP contribution in [0.5, 0.6) is 0 Å². The van der Waals surface area contributed by atoms with Gasteiger partial charge in [-0.3, -0.25) is 14.4 Å². The zero-order chi connectivity index (χ0) is 51.0. The van der Waals surface area contributed by atoms with Crippen molar-refractivity contribution >= 4 is 23.5 Å². The summed E-state index contributed by atoms with van der Waals surface area (Å²) in [5.74, 6) is 0.0890. The van der Waals surface area contributed by atoms with Crippen molar-refractivity contribution in [1.29, 1.82) is 0 Å². The van der Waals surface area contributed by atoms with Crippen molar-refractivity contribution in [2.24, 2.45) is 17.8 Å². The Balaban J connectivity index is 0.954. The second-order valence-corrected chi connectivity index (χ2v) is 22.3. The van der Waals surface area contributed by atoms with Crippen LogP contribution in [0.25, 0.3) is 0 Å². The van der Waals surface area contributed by atoms with Gasteiger partial charge in [-0.25, -0.2) is 4.79 Å². The maximum absolute atomic E-state index is 13.7. The topological polar surface area (TPSA) is 153 Å². The molecule has 2 fully saturated rings. The smallest absolute Gasteiger partial charge is 0.330 e. The number of hydrogen-bond acceptors (Lipinski definition) is 12. The van der Waals surface area contributed by atoms with Gasteiger partial charge in [0.15, 0.2) is 5.78 Å². The van der Waals surface area contributed by atoms with E-state index in [0.29, 0.717) is 76.9 Å². The van der Waals surface area contributed by atoms with Crippen molar-refractivity contribution in [1.82, 2.24) is 0 Å². The highest BCUT2D eigenvalue weighted by Crippen LogP contribution is 2.36. The molecule has 1 N–H and O–H groups in total. The fraction of sp³-hybridized carbons (Fsp3) is 0.667. The molecule has 14 atom stereocenters. The lowest BCUT2D eigenvalue weighted by Gasteiger charge is -2.32. The van der Waals surface area contributed by atoms with Crippen LogP contribution in [-0.4, -0.2) is 109 Å². The monoisotopic (exact) mass is 997 g/mol. The quantitative estimate of drug-likeness (QED) is 0.182. The molecule has 0 saturated carbocycles. The van der Waals surface area contributed by atoms with Crippen LogP contribution in [0.4, 0.5) is 0 Å². The van der Waals surface area contributed by atoms with Crippen molar-refractivity contribution in [3.8, 4) is 0 Å². The van der Waals surface area contributed by atoms with Gasteiger partial charge in [0.25, 0.3) is 0 Å². The maximum Gasteiger partial charge on any atom is 0.330 e. The Morgan fingerprint density at radius 2 is 1.54 bits per heavy atom. The molecule has 7 heterocycles. The first-order chi connectivity index (χ1) is 34.7. The molecule has 0 aliphatic carbocycles. The van der Waals surface area contributed by atoms with Crippen LogP contribution in [0.1, 0.15) is 156 Å². The minimum atomic E-state index is -0.959. The molecular formula is C60H84O12. The Hall–Kier alpha value is -4.04. The van der Waals surface area contributed by atoms with Crippen LogP contribution in [0.15, 0.2) is 95.7 Å². The molecule has 396 valence electrons. The van der Waals surface area contributed by atoms with Crippen molar-refractivity contribution in [2.45, 2.75) is 223 Å². The predicted octanol–water partition coefficient (Wildman–Crippen LogP) is 10.7. The number of esters is 2. The molecule has 7 aliphatic heterocycles. The summed E-state index contributed by atoms with van der Waals surface area (Å²) < 4.78 is 43.6. The fourth-order valence-electron chi connectivity index (χ4n) is 11.8. The Morgan fingerprint density at radius 1 is 0.764 bits per heavy atom. The van der Waals surface area contributed by atoms with Gasteiger partial charge in [0.1, 0.15) is 24.1 Å². The third-order valence-corrected chi connectivity index (χ3v) is 15.4. The molecule has 6 bridgehead atoms. The second kappa shape index (κ2) is 28.0. The van der Waals surface area contributed by atoms with E-state index in [2.05, 4.69) is 64.7 Å². The number of rotatable bonds is 8. The van der Waals surface area contributed by atoms with E-state index in [0.717, 1.165) is 50.5 Å². The molecule has 0 aromatic carbocycles. The molecule has 2 saturated heterocycles. The van der Waals surface area contributed by atoms with Crippen molar-refractivity contribution < 1.29 is 57.4 Å². The van der Waals surface area contributed by atoms with Gasteiger partial charge < -0.3 is 38.3 Å². The molecule has 7 aliphatic rings. The highest BCUT2D eigenvalue weighted by Gasteiger charge is 2.38. The van der Waals surface area contributed by atoms with Gasteiger partial charge in [-0.1, -0.05) is 91.8 Å². The number of carbonyl (C=O) groups excluding carboxylic acids is 4. The van der Waals surface area contributed by atoms with Crippen molar-refractivity contribution in [2.75, 3.05) is 13.2 Å². The van der Waals surface area contributed by atoms with Crippen LogP contribution in [0.2, 0.25) is 0 Å². The van der Waals surface area contributed by atoms with Crippen LogP contribution >= 0.6 is 0 Å². The zero-order valence-corrected chi connectivity index (χ0v) is 43.6. The molecule has 72 heavy (non-hydrogen) atoms. The van der Waals surface area contributed by atoms with E-state index in [4.69, 9.17) is 33.2 Å². The molecule has 0 aromatic rings. The number of allylic oxidation sites excluding steroid dienone is 2. The number of cyclic esters (lactones) is 1. The molecule has 0 spiro atoms. The van der Waals surface area contributed by atoms with Crippen LogP contribution < -0.4 is 0 Å². The third-order valence-electron chi connectivity index (χ3n) is 15.4. The minimum Gasteiger partial charge on any atom is -0.459 e. The van der Waals surface area contributed by atoms with E-state index in [1.807, 2.05) is 12.2 Å². The number of ketones is 2. The van der Waals surface area contributed by atoms with Gasteiger partial charge in [0, 0.05) is 44.6 Å². The average Bonchev–Trinajstić information content (AvgIpc) is 3.69. The molecule has 1 unspecified atom stereocenters. The second-order valence-electron chi connectivity index (χ2n) is 22.3. The summed E-state index contributed by atoms with van der Waals surface area (Å²) >= 11 is 0. The van der Waals surface area contributed by atoms with E-state index >= 15 is 0 Å². The van der Waals surface area contributed by atoms with E-state index < -0.39 is 30.4 Å². The standard InChI is InChI=1S/C60H84O12/c1-39-25-26-66-50(31-39)22-24-57-58-37-54(70-57)36-47(62)30-42(4)28-44(35-53-17-8-13-49(69-53)15-10-20-60(65)72-58)34-45-38-67-51(33-43(45)5)21-23-55(63)56-18-6-11-46(61)29-40(2)27-41(3)32-52-16-7-12-48(68-52)14-9-19-59(64)71-56/h6-9,11-13,19,22,24-25,40-41,44,48-58,63H,4,10,14-18,20-21,23,26-38H2,1-3,5H3/b11-6+,19-9-,24-22+/t40?,41-,44+,48-,49-,50+,51+,52-,53-,54-,55-,56-,57-,58-/m0/s1. The molecule has 0 amide bonds. The highest BCUT2D eigenvalue weighted by molar-refractivity contribution is 5.89. The number of Topliss-reactive ketones (excluding diaryl/α,β-unsaturated/α-hetero) is 1. The Kier molecular flexibility index (Phi) is 21.7. The first-order valence-electron chi connectivity index (χ1n) is 27.4. The molecule has 0 radical (unpaired) electrons. The number of carbonyl (C=O) groups is 4. The van der Waals surface area contributed by atoms with Gasteiger partial charge in [0.2, 0.25) is 0 Å². The predicted molar refractivity (Wildman–Crippen MR) is 277 cm³/mol. The highest BCUT2D eigenvalue weighted by atomic mass is 16.6. The first-order valence-corrected chi connectivity index (χ1v) is 27.4. The summed E-state index contributed by atoms with van der Waals surface area (Å²) in [6.07, 6.45) is 29.6. The molecule has 7 rings (SSSR count). The number of fused-ring (bicyclic) bond motifs is 6. The molecule has 0 aromatic heterocycles. The van der Waals surface area contributed by atoms with Crippen molar-refractivity contribution in [3.63, 3.8) is 0 Å². The summed E-state index contributed by atoms with van der Waals surface area (Å²) in [4.78, 5) is 52.9. The minimum absolute atomic E-state index is 0.00752. The summed E-state index contributed by atoms with van der Waals surface area (Å²) in [6, 6.07) is 0. The van der Waals surface area contributed by atoms with Crippen LogP contribution in [0, 0.1) is 17.8 Å². The van der Waals surface area contributed by atoms with Gasteiger partial charge >= 0.3 is 11.9 Å². The van der Waals surface area contributed by atoms with E-state index in [1.54, 1.807) is 18.2 Å². The van der Waals surface area contributed by atoms with Gasteiger partial charge in [-0.05, 0) is 133 Å². The van der Waals surface area contributed by atoms with E-state index in [9.17, 15) is 24.3 Å². The molecular weight excluding hydrogens is 913 g/mol. The van der Waals surface area contributed by atoms with Gasteiger partial charge in [0.05, 0.1) is 62.0 Å². The normalized spacial score (nSPS) is 36.9. The lowest BCUT2D eigenvalue weighted by molar-refractivity contribution is -0.151. The zero-order valence-electron chi connectivity index (χ0n) is 43.6. The largest absolute Gasteiger partial charge is 0.459 e. The lowest BCUT2D eigenvalue weighted by Crippen LogP contribution is -2.32. The number of ether oxygens (including phenoxy) is 7. The Bertz CT molecular complexity index is 2070. The summed E-state index contributed by atoms with van der Waals surface area (Å²) in [7, 11) is 0. The SMILES string of the molecule is C=C1CC(=O)C[C@H]2C[C@H](OC(=O)CCC[C@@H]3C=CC[C@@H](C[C@@H](CC4=C(C)C[C@@H](CC[C@H](O)[C@@H]5C/C=C/C(=O)CC(C)C[C@H](C)C[C@@H]6CC=C[C@@H](C/C=C\C(=O)O5)O6)OC4)C1)O3)[C@H](/C=C/[C@@H]1CC(C)=CCO1)O2. The number of aliphatic hydroxyl groups is 1. The van der Waals surface area contributed by atoms with E-state index in [-0.39, 0.29) is 97.8 Å². The average molecular weight is 997 g/mol. The number of aliphatic hydroxyl groups excluding tert-OH is 1. The molecule has 12 nitrogen and oxygen atoms in total. The first kappa shape index (κ1) is 55.7. The van der Waals surface area contributed by atoms with Crippen molar-refractivity contribution in [3.05, 3.63) is 95.7 Å². The lowest BCUT2D eigenvalue weighted by atomic mass is 9.83. The van der Waals surface area contributed by atoms with Gasteiger partial charge in [-0.15, -0.1) is 0 Å².